The first-order chi connectivity index (χ1) is 21.5. The Balaban J connectivity index is 1.03. The molecule has 13 nitrogen and oxygen atoms in total. The predicted octanol–water partition coefficient (Wildman–Crippen LogP) is 2.88. The van der Waals surface area contributed by atoms with Crippen LogP contribution in [0.3, 0.4) is 0 Å². The summed E-state index contributed by atoms with van der Waals surface area (Å²) in [5.41, 5.74) is -1.32. The predicted molar refractivity (Wildman–Crippen MR) is 147 cm³/mol. The third-order valence-electron chi connectivity index (χ3n) is 10.7. The van der Waals surface area contributed by atoms with Crippen molar-refractivity contribution in [1.82, 2.24) is 0 Å². The number of rotatable bonds is 12. The number of carbonyl (C=O) groups excluding carboxylic acids is 5. The Bertz CT molecular complexity index is 1320. The zero-order valence-electron chi connectivity index (χ0n) is 25.2. The lowest BCUT2D eigenvalue weighted by atomic mass is 9.54. The summed E-state index contributed by atoms with van der Waals surface area (Å²) in [7, 11) is -6.31. The highest BCUT2D eigenvalue weighted by Gasteiger charge is 2.56. The van der Waals surface area contributed by atoms with Crippen molar-refractivity contribution >= 4 is 40.0 Å². The molecule has 8 aliphatic rings. The summed E-state index contributed by atoms with van der Waals surface area (Å²) in [4.78, 5) is 62.5. The Morgan fingerprint density at radius 1 is 0.674 bits per heavy atom. The summed E-state index contributed by atoms with van der Waals surface area (Å²) in [5.74, 6) is -4.98. The molecule has 0 saturated heterocycles. The molecule has 1 unspecified atom stereocenters. The number of carbonyl (C=O) groups is 5. The van der Waals surface area contributed by atoms with E-state index in [0.717, 1.165) is 57.8 Å². The molecule has 0 spiro atoms. The van der Waals surface area contributed by atoms with Gasteiger partial charge in [0.2, 0.25) is 6.10 Å². The molecule has 1 atom stereocenters. The number of halogens is 2. The van der Waals surface area contributed by atoms with Crippen LogP contribution in [0.2, 0.25) is 0 Å². The maximum atomic E-state index is 13.9. The fourth-order valence-electron chi connectivity index (χ4n) is 9.90. The first-order valence-corrected chi connectivity index (χ1v) is 17.3. The van der Waals surface area contributed by atoms with Gasteiger partial charge in [-0.1, -0.05) is 0 Å². The van der Waals surface area contributed by atoms with Crippen LogP contribution in [0.25, 0.3) is 0 Å². The van der Waals surface area contributed by atoms with E-state index in [-0.39, 0.29) is 0 Å². The summed E-state index contributed by atoms with van der Waals surface area (Å²) in [6.07, 6.45) is 6.91. The monoisotopic (exact) mass is 676 g/mol. The molecule has 0 aromatic heterocycles. The molecule has 8 saturated carbocycles. The van der Waals surface area contributed by atoms with Gasteiger partial charge in [0.15, 0.2) is 13.2 Å². The lowest BCUT2D eigenvalue weighted by Gasteiger charge is -2.55. The third kappa shape index (κ3) is 6.87. The van der Waals surface area contributed by atoms with E-state index >= 15 is 0 Å². The first-order valence-electron chi connectivity index (χ1n) is 15.8. The second kappa shape index (κ2) is 12.0. The lowest BCUT2D eigenvalue weighted by Crippen LogP contribution is -2.53. The topological polar surface area (TPSA) is 186 Å². The minimum Gasteiger partial charge on any atom is -0.457 e. The van der Waals surface area contributed by atoms with Crippen LogP contribution in [-0.4, -0.2) is 78.6 Å². The smallest absolute Gasteiger partial charge is 0.457 e. The normalized spacial score (nSPS) is 36.1. The summed E-state index contributed by atoms with van der Waals surface area (Å²) < 4.78 is 83.9. The van der Waals surface area contributed by atoms with Crippen LogP contribution in [0.15, 0.2) is 0 Å². The summed E-state index contributed by atoms with van der Waals surface area (Å²) >= 11 is 0. The van der Waals surface area contributed by atoms with Crippen molar-refractivity contribution in [1.29, 1.82) is 0 Å². The third-order valence-corrected chi connectivity index (χ3v) is 11.5. The Kier molecular flexibility index (Phi) is 8.60. The van der Waals surface area contributed by atoms with Gasteiger partial charge in [-0.3, -0.25) is 9.35 Å². The molecule has 0 aromatic carbocycles. The lowest BCUT2D eigenvalue weighted by molar-refractivity contribution is -0.196. The van der Waals surface area contributed by atoms with Crippen LogP contribution in [-0.2, 0) is 57.8 Å². The molecule has 46 heavy (non-hydrogen) atoms. The number of hydrogen-bond donors (Lipinski definition) is 1. The average molecular weight is 677 g/mol. The molecule has 1 N–H and O–H groups in total. The highest BCUT2D eigenvalue weighted by molar-refractivity contribution is 7.87. The second-order valence-electron chi connectivity index (χ2n) is 14.5. The van der Waals surface area contributed by atoms with Gasteiger partial charge in [-0.25, -0.2) is 19.2 Å². The zero-order valence-corrected chi connectivity index (χ0v) is 26.0. The van der Waals surface area contributed by atoms with Gasteiger partial charge in [0, 0.05) is 0 Å². The van der Waals surface area contributed by atoms with E-state index in [0.29, 0.717) is 54.8 Å². The van der Waals surface area contributed by atoms with Crippen LogP contribution in [0, 0.1) is 35.5 Å². The van der Waals surface area contributed by atoms with Crippen molar-refractivity contribution in [3.05, 3.63) is 0 Å². The van der Waals surface area contributed by atoms with Gasteiger partial charge < -0.3 is 23.7 Å². The maximum absolute atomic E-state index is 13.9. The molecule has 8 aliphatic carbocycles. The maximum Gasteiger partial charge on any atom is 0.465 e. The summed E-state index contributed by atoms with van der Waals surface area (Å²) in [5, 5.41) is -5.49. The van der Waals surface area contributed by atoms with E-state index in [1.54, 1.807) is 0 Å². The molecule has 16 heteroatoms. The molecular weight excluding hydrogens is 638 g/mol. The van der Waals surface area contributed by atoms with Gasteiger partial charge >= 0.3 is 45.2 Å². The van der Waals surface area contributed by atoms with Gasteiger partial charge in [0.25, 0.3) is 0 Å². The molecule has 8 rings (SSSR count). The van der Waals surface area contributed by atoms with Crippen molar-refractivity contribution in [3.63, 3.8) is 0 Å². The van der Waals surface area contributed by atoms with E-state index in [1.807, 2.05) is 0 Å². The van der Waals surface area contributed by atoms with Crippen LogP contribution < -0.4 is 0 Å². The van der Waals surface area contributed by atoms with Gasteiger partial charge in [0.05, 0.1) is 6.42 Å². The SMILES string of the molecule is O=C(CC(OC(=O)C(F)(F)S(=O)(=O)O)C(=O)OCC(=O)OC12CC3CC(CC(C3)C1)C2)OCC(=O)OC12CC3CC(CC(C3)C1)C2. The van der Waals surface area contributed by atoms with Crippen LogP contribution >= 0.6 is 0 Å². The Morgan fingerprint density at radius 2 is 1.04 bits per heavy atom. The molecule has 0 aliphatic heterocycles. The minimum absolute atomic E-state index is 0.436. The van der Waals surface area contributed by atoms with E-state index in [9.17, 15) is 41.2 Å². The molecule has 8 fully saturated rings. The van der Waals surface area contributed by atoms with Gasteiger partial charge in [0.1, 0.15) is 11.2 Å². The molecular formula is C30H38F2O13S. The van der Waals surface area contributed by atoms with Crippen molar-refractivity contribution < 1.29 is 69.4 Å². The van der Waals surface area contributed by atoms with E-state index in [1.165, 1.54) is 0 Å². The van der Waals surface area contributed by atoms with E-state index < -0.39 is 82.2 Å². The highest BCUT2D eigenvalue weighted by atomic mass is 32.2. The number of hydrogen-bond acceptors (Lipinski definition) is 12. The summed E-state index contributed by atoms with van der Waals surface area (Å²) in [6.45, 7) is -1.88. The number of alkyl halides is 2. The molecule has 0 aromatic rings. The van der Waals surface area contributed by atoms with Crippen LogP contribution in [0.5, 0.6) is 0 Å². The van der Waals surface area contributed by atoms with Gasteiger partial charge in [-0.15, -0.1) is 0 Å². The summed E-state index contributed by atoms with van der Waals surface area (Å²) in [6, 6.07) is 0. The number of ether oxygens (including phenoxy) is 5. The van der Waals surface area contributed by atoms with Crippen molar-refractivity contribution in [2.24, 2.45) is 35.5 Å². The highest BCUT2D eigenvalue weighted by Crippen LogP contribution is 2.58. The standard InChI is InChI=1S/C30H38F2O13S/c31-30(32,46(38,39)40)27(37)43-22(26(36)42-15-25(35)45-29-11-19-4-20(12-29)6-21(5-19)13-29)7-23(33)41-14-24(34)44-28-8-16-1-17(9-28)3-18(2-16)10-28/h16-22H,1-15H2,(H,38,39,40). The second-order valence-corrected chi connectivity index (χ2v) is 16.0. The first kappa shape index (κ1) is 33.0. The van der Waals surface area contributed by atoms with Crippen molar-refractivity contribution in [2.75, 3.05) is 13.2 Å². The molecule has 0 amide bonds. The van der Waals surface area contributed by atoms with Crippen molar-refractivity contribution in [3.8, 4) is 0 Å². The molecule has 0 radical (unpaired) electrons. The zero-order chi connectivity index (χ0) is 33.1. The molecule has 256 valence electrons. The quantitative estimate of drug-likeness (QED) is 0.181. The largest absolute Gasteiger partial charge is 0.465 e. The van der Waals surface area contributed by atoms with Crippen LogP contribution in [0.1, 0.15) is 83.5 Å². The van der Waals surface area contributed by atoms with Gasteiger partial charge in [-0.2, -0.15) is 17.2 Å². The molecule has 8 bridgehead atoms. The minimum atomic E-state index is -6.31. The fourth-order valence-corrected chi connectivity index (χ4v) is 10.2. The van der Waals surface area contributed by atoms with E-state index in [2.05, 4.69) is 4.74 Å². The van der Waals surface area contributed by atoms with Crippen molar-refractivity contribution in [2.45, 2.75) is 106 Å². The Hall–Kier alpha value is -2.88. The van der Waals surface area contributed by atoms with Crippen LogP contribution in [0.4, 0.5) is 8.78 Å². The molecule has 0 heterocycles. The Labute approximate surface area is 264 Å². The average Bonchev–Trinajstić information content (AvgIpc) is 2.91. The number of esters is 5. The van der Waals surface area contributed by atoms with Gasteiger partial charge in [-0.05, 0) is 113 Å². The Morgan fingerprint density at radius 3 is 1.41 bits per heavy atom. The fraction of sp³-hybridized carbons (Fsp3) is 0.833. The van der Waals surface area contributed by atoms with E-state index in [4.69, 9.17) is 23.5 Å².